The minimum Gasteiger partial charge on any atom is -0.267 e. The first-order valence-electron chi connectivity index (χ1n) is 5.36. The van der Waals surface area contributed by atoms with Gasteiger partial charge in [-0.2, -0.15) is 0 Å². The Bertz CT molecular complexity index is 747. The predicted molar refractivity (Wildman–Crippen MR) is 65.3 cm³/mol. The van der Waals surface area contributed by atoms with Gasteiger partial charge in [-0.05, 0) is 18.2 Å². The second kappa shape index (κ2) is 3.59. The Morgan fingerprint density at radius 3 is 2.32 bits per heavy atom. The Balaban J connectivity index is 2.51. The van der Waals surface area contributed by atoms with Gasteiger partial charge in [0.05, 0.1) is 21.4 Å². The Morgan fingerprint density at radius 1 is 1.05 bits per heavy atom. The Kier molecular flexibility index (Phi) is 2.14. The molecule has 2 aromatic carbocycles. The van der Waals surface area contributed by atoms with Gasteiger partial charge in [-0.1, -0.05) is 6.07 Å². The number of nitro groups is 1. The molecular formula is C12H7N3O4. The molecule has 0 bridgehead atoms. The molecule has 0 aliphatic carbocycles. The number of hydrazine groups is 1. The summed E-state index contributed by atoms with van der Waals surface area (Å²) in [7, 11) is 0. The van der Waals surface area contributed by atoms with Crippen LogP contribution in [0.15, 0.2) is 30.3 Å². The second-order valence-corrected chi connectivity index (χ2v) is 4.10. The summed E-state index contributed by atoms with van der Waals surface area (Å²) >= 11 is 0. The largest absolute Gasteiger partial charge is 0.277 e. The van der Waals surface area contributed by atoms with E-state index in [0.29, 0.717) is 5.01 Å². The average molecular weight is 257 g/mol. The molecule has 2 N–H and O–H groups in total. The standard InChI is InChI=1S/C12H7N3O4/c13-14-11(16)7-3-1-2-6-9(15(18)19)5-4-8(10(6)7)12(14)17/h1-5H,13H2. The Hall–Kier alpha value is -2.80. The lowest BCUT2D eigenvalue weighted by molar-refractivity contribution is -0.383. The van der Waals surface area contributed by atoms with Crippen molar-refractivity contribution in [3.05, 3.63) is 51.6 Å². The van der Waals surface area contributed by atoms with E-state index in [1.165, 1.54) is 30.3 Å². The van der Waals surface area contributed by atoms with Gasteiger partial charge in [0.1, 0.15) is 0 Å². The third-order valence-corrected chi connectivity index (χ3v) is 3.11. The molecule has 19 heavy (non-hydrogen) atoms. The highest BCUT2D eigenvalue weighted by Gasteiger charge is 2.32. The number of non-ortho nitro benzene ring substituents is 1. The molecule has 2 amide bonds. The topological polar surface area (TPSA) is 107 Å². The van der Waals surface area contributed by atoms with Gasteiger partial charge < -0.3 is 0 Å². The van der Waals surface area contributed by atoms with E-state index in [2.05, 4.69) is 0 Å². The van der Waals surface area contributed by atoms with Crippen molar-refractivity contribution in [3.63, 3.8) is 0 Å². The first-order chi connectivity index (χ1) is 9.02. The number of rotatable bonds is 1. The molecule has 0 radical (unpaired) electrons. The summed E-state index contributed by atoms with van der Waals surface area (Å²) in [6.07, 6.45) is 0. The second-order valence-electron chi connectivity index (χ2n) is 4.10. The predicted octanol–water partition coefficient (Wildman–Crippen LogP) is 1.22. The number of benzene rings is 2. The molecule has 1 aliphatic heterocycles. The van der Waals surface area contributed by atoms with Crippen molar-refractivity contribution in [1.82, 2.24) is 5.01 Å². The van der Waals surface area contributed by atoms with Crippen LogP contribution < -0.4 is 5.84 Å². The van der Waals surface area contributed by atoms with E-state index in [9.17, 15) is 19.7 Å². The highest BCUT2D eigenvalue weighted by atomic mass is 16.6. The van der Waals surface area contributed by atoms with Gasteiger partial charge in [-0.3, -0.25) is 19.7 Å². The number of nitrogens with zero attached hydrogens (tertiary/aromatic N) is 2. The van der Waals surface area contributed by atoms with Crippen LogP contribution in [-0.4, -0.2) is 21.7 Å². The van der Waals surface area contributed by atoms with Crippen molar-refractivity contribution in [1.29, 1.82) is 0 Å². The molecule has 0 saturated carbocycles. The normalized spacial score (nSPS) is 14.1. The minimum atomic E-state index is -0.663. The van der Waals surface area contributed by atoms with E-state index in [1.807, 2.05) is 0 Å². The molecule has 2 aromatic rings. The Labute approximate surface area is 106 Å². The van der Waals surface area contributed by atoms with Gasteiger partial charge >= 0.3 is 0 Å². The smallest absolute Gasteiger partial charge is 0.267 e. The maximum Gasteiger partial charge on any atom is 0.277 e. The molecule has 1 aliphatic rings. The molecule has 7 heteroatoms. The van der Waals surface area contributed by atoms with Crippen molar-refractivity contribution >= 4 is 28.3 Å². The van der Waals surface area contributed by atoms with Gasteiger partial charge in [0.25, 0.3) is 17.5 Å². The monoisotopic (exact) mass is 257 g/mol. The molecule has 0 spiro atoms. The summed E-state index contributed by atoms with van der Waals surface area (Å²) in [4.78, 5) is 34.2. The van der Waals surface area contributed by atoms with Crippen LogP contribution in [0.25, 0.3) is 10.8 Å². The molecule has 94 valence electrons. The number of amides is 2. The third kappa shape index (κ3) is 1.36. The highest BCUT2D eigenvalue weighted by Crippen LogP contribution is 2.34. The maximum absolute atomic E-state index is 11.9. The molecule has 1 heterocycles. The third-order valence-electron chi connectivity index (χ3n) is 3.11. The van der Waals surface area contributed by atoms with Crippen LogP contribution in [0.4, 0.5) is 5.69 Å². The van der Waals surface area contributed by atoms with Gasteiger partial charge in [0.2, 0.25) is 0 Å². The molecule has 0 aromatic heterocycles. The summed E-state index contributed by atoms with van der Waals surface area (Å²) in [5.41, 5.74) is 0.239. The van der Waals surface area contributed by atoms with Crippen molar-refractivity contribution in [2.45, 2.75) is 0 Å². The number of carbonyl (C=O) groups excluding carboxylic acids is 2. The number of nitro benzene ring substituents is 1. The zero-order chi connectivity index (χ0) is 13.7. The molecule has 0 unspecified atom stereocenters. The fourth-order valence-corrected chi connectivity index (χ4v) is 2.26. The highest BCUT2D eigenvalue weighted by molar-refractivity contribution is 6.26. The minimum absolute atomic E-state index is 0.147. The molecule has 0 saturated heterocycles. The average Bonchev–Trinajstić information content (AvgIpc) is 2.41. The zero-order valence-corrected chi connectivity index (χ0v) is 9.49. The number of nitrogens with two attached hydrogens (primary N) is 1. The summed E-state index contributed by atoms with van der Waals surface area (Å²) < 4.78 is 0. The fraction of sp³-hybridized carbons (Fsp3) is 0. The summed E-state index contributed by atoms with van der Waals surface area (Å²) in [6, 6.07) is 7.08. The van der Waals surface area contributed by atoms with E-state index in [-0.39, 0.29) is 27.6 Å². The first kappa shape index (κ1) is 11.3. The van der Waals surface area contributed by atoms with Crippen LogP contribution in [0.1, 0.15) is 20.7 Å². The van der Waals surface area contributed by atoms with E-state index < -0.39 is 16.7 Å². The molecule has 0 fully saturated rings. The number of carbonyl (C=O) groups is 2. The van der Waals surface area contributed by atoms with Crippen LogP contribution in [0.3, 0.4) is 0 Å². The van der Waals surface area contributed by atoms with E-state index >= 15 is 0 Å². The number of hydrogen-bond donors (Lipinski definition) is 1. The zero-order valence-electron chi connectivity index (χ0n) is 9.49. The quantitative estimate of drug-likeness (QED) is 0.272. The summed E-state index contributed by atoms with van der Waals surface area (Å²) in [5.74, 6) is 4.08. The van der Waals surface area contributed by atoms with Crippen LogP contribution >= 0.6 is 0 Å². The van der Waals surface area contributed by atoms with E-state index in [1.54, 1.807) is 0 Å². The summed E-state index contributed by atoms with van der Waals surface area (Å²) in [5, 5.41) is 12.0. The molecule has 3 rings (SSSR count). The first-order valence-corrected chi connectivity index (χ1v) is 5.36. The van der Waals surface area contributed by atoms with Crippen molar-refractivity contribution in [2.75, 3.05) is 0 Å². The maximum atomic E-state index is 11.9. The lowest BCUT2D eigenvalue weighted by Gasteiger charge is -2.22. The van der Waals surface area contributed by atoms with Crippen LogP contribution in [0.2, 0.25) is 0 Å². The lowest BCUT2D eigenvalue weighted by Crippen LogP contribution is -2.45. The van der Waals surface area contributed by atoms with Crippen molar-refractivity contribution in [2.24, 2.45) is 5.84 Å². The van der Waals surface area contributed by atoms with Crippen LogP contribution in [-0.2, 0) is 0 Å². The number of imide groups is 1. The van der Waals surface area contributed by atoms with Crippen molar-refractivity contribution < 1.29 is 14.5 Å². The van der Waals surface area contributed by atoms with Crippen molar-refractivity contribution in [3.8, 4) is 0 Å². The van der Waals surface area contributed by atoms with E-state index in [0.717, 1.165) is 0 Å². The summed E-state index contributed by atoms with van der Waals surface area (Å²) in [6.45, 7) is 0. The van der Waals surface area contributed by atoms with Gasteiger partial charge in [-0.25, -0.2) is 10.9 Å². The van der Waals surface area contributed by atoms with Gasteiger partial charge in [0.15, 0.2) is 0 Å². The molecule has 7 nitrogen and oxygen atoms in total. The van der Waals surface area contributed by atoms with Gasteiger partial charge in [0, 0.05) is 11.5 Å². The molecule has 0 atom stereocenters. The Morgan fingerprint density at radius 2 is 1.68 bits per heavy atom. The van der Waals surface area contributed by atoms with E-state index in [4.69, 9.17) is 5.84 Å². The van der Waals surface area contributed by atoms with Gasteiger partial charge in [-0.15, -0.1) is 0 Å². The SMILES string of the molecule is NN1C(=O)c2cccc3c([N+](=O)[O-])ccc(c23)C1=O. The number of hydrogen-bond acceptors (Lipinski definition) is 5. The fourth-order valence-electron chi connectivity index (χ4n) is 2.26. The molecular weight excluding hydrogens is 250 g/mol. The lowest BCUT2D eigenvalue weighted by atomic mass is 9.94. The van der Waals surface area contributed by atoms with Crippen LogP contribution in [0, 0.1) is 10.1 Å². The van der Waals surface area contributed by atoms with Crippen LogP contribution in [0.5, 0.6) is 0 Å².